The van der Waals surface area contributed by atoms with Crippen LogP contribution < -0.4 is 0 Å². The fourth-order valence-corrected chi connectivity index (χ4v) is 4.47. The van der Waals surface area contributed by atoms with Crippen molar-refractivity contribution in [3.63, 3.8) is 0 Å². The minimum absolute atomic E-state index is 0.0263. The standard InChI is InChI=1S/C23H24N2O2/c1-3-20-21(16-25-17(2)14-15-24-25)27-22(26)23(20,18-10-6-4-7-11-18)19-12-8-5-9-13-19/h4-15,20-21H,3,16H2,1-2H3. The minimum atomic E-state index is -0.789. The summed E-state index contributed by atoms with van der Waals surface area (Å²) in [6.07, 6.45) is 2.40. The van der Waals surface area contributed by atoms with Gasteiger partial charge in [0.25, 0.3) is 0 Å². The lowest BCUT2D eigenvalue weighted by Gasteiger charge is -2.33. The van der Waals surface area contributed by atoms with Gasteiger partial charge in [-0.05, 0) is 30.5 Å². The van der Waals surface area contributed by atoms with Crippen molar-refractivity contribution in [2.75, 3.05) is 0 Å². The van der Waals surface area contributed by atoms with E-state index in [1.165, 1.54) is 0 Å². The molecule has 0 aliphatic carbocycles. The van der Waals surface area contributed by atoms with Gasteiger partial charge in [-0.2, -0.15) is 5.10 Å². The summed E-state index contributed by atoms with van der Waals surface area (Å²) in [5.41, 5.74) is 2.27. The van der Waals surface area contributed by atoms with Crippen LogP contribution in [0.2, 0.25) is 0 Å². The Morgan fingerprint density at radius 2 is 1.59 bits per heavy atom. The van der Waals surface area contributed by atoms with Gasteiger partial charge in [0.15, 0.2) is 0 Å². The lowest BCUT2D eigenvalue weighted by molar-refractivity contribution is -0.145. The number of carbonyl (C=O) groups is 1. The molecule has 0 saturated carbocycles. The van der Waals surface area contributed by atoms with E-state index in [4.69, 9.17) is 4.74 Å². The highest BCUT2D eigenvalue weighted by Gasteiger charge is 2.58. The molecule has 0 spiro atoms. The fourth-order valence-electron chi connectivity index (χ4n) is 4.47. The molecule has 3 aromatic rings. The van der Waals surface area contributed by atoms with Gasteiger partial charge in [-0.25, -0.2) is 0 Å². The van der Waals surface area contributed by atoms with Gasteiger partial charge in [0.2, 0.25) is 0 Å². The Labute approximate surface area is 159 Å². The summed E-state index contributed by atoms with van der Waals surface area (Å²) in [7, 11) is 0. The molecule has 0 bridgehead atoms. The van der Waals surface area contributed by atoms with Crippen LogP contribution in [0, 0.1) is 12.8 Å². The Morgan fingerprint density at radius 3 is 2.07 bits per heavy atom. The maximum absolute atomic E-state index is 13.4. The Balaban J connectivity index is 1.85. The van der Waals surface area contributed by atoms with Crippen LogP contribution in [0.1, 0.15) is 30.2 Å². The molecule has 138 valence electrons. The number of nitrogens with zero attached hydrogens (tertiary/aromatic N) is 2. The Morgan fingerprint density at radius 1 is 1.00 bits per heavy atom. The van der Waals surface area contributed by atoms with Crippen LogP contribution in [-0.2, 0) is 21.5 Å². The molecule has 1 aliphatic rings. The van der Waals surface area contributed by atoms with Crippen molar-refractivity contribution in [1.82, 2.24) is 9.78 Å². The van der Waals surface area contributed by atoms with Gasteiger partial charge in [-0.15, -0.1) is 0 Å². The summed E-state index contributed by atoms with van der Waals surface area (Å²) < 4.78 is 7.94. The predicted octanol–water partition coefficient (Wildman–Crippen LogP) is 4.13. The zero-order chi connectivity index (χ0) is 18.9. The number of aromatic nitrogens is 2. The van der Waals surface area contributed by atoms with Crippen molar-refractivity contribution in [3.8, 4) is 0 Å². The molecule has 0 radical (unpaired) electrons. The van der Waals surface area contributed by atoms with E-state index >= 15 is 0 Å². The summed E-state index contributed by atoms with van der Waals surface area (Å²) in [5, 5.41) is 4.39. The number of rotatable bonds is 5. The van der Waals surface area contributed by atoms with E-state index in [1.807, 2.05) is 78.3 Å². The first kappa shape index (κ1) is 17.5. The number of carbonyl (C=O) groups excluding carboxylic acids is 1. The molecular formula is C23H24N2O2. The van der Waals surface area contributed by atoms with Crippen LogP contribution in [0.15, 0.2) is 72.9 Å². The second kappa shape index (κ2) is 7.03. The van der Waals surface area contributed by atoms with E-state index in [2.05, 4.69) is 12.0 Å². The highest BCUT2D eigenvalue weighted by Crippen LogP contribution is 2.49. The Kier molecular flexibility index (Phi) is 4.56. The molecule has 2 atom stereocenters. The van der Waals surface area contributed by atoms with Gasteiger partial charge >= 0.3 is 5.97 Å². The zero-order valence-electron chi connectivity index (χ0n) is 15.7. The van der Waals surface area contributed by atoms with Gasteiger partial charge in [0.05, 0.1) is 6.54 Å². The number of esters is 1. The average Bonchev–Trinajstić information content (AvgIpc) is 3.24. The third kappa shape index (κ3) is 2.76. The summed E-state index contributed by atoms with van der Waals surface area (Å²) in [6.45, 7) is 4.73. The van der Waals surface area contributed by atoms with Gasteiger partial charge in [0.1, 0.15) is 11.5 Å². The molecule has 27 heavy (non-hydrogen) atoms. The van der Waals surface area contributed by atoms with Crippen molar-refractivity contribution < 1.29 is 9.53 Å². The molecule has 1 saturated heterocycles. The van der Waals surface area contributed by atoms with E-state index in [9.17, 15) is 4.79 Å². The number of hydrogen-bond donors (Lipinski definition) is 0. The highest BCUT2D eigenvalue weighted by atomic mass is 16.6. The minimum Gasteiger partial charge on any atom is -0.459 e. The molecule has 4 nitrogen and oxygen atoms in total. The summed E-state index contributed by atoms with van der Waals surface area (Å²) in [5.74, 6) is -0.139. The second-order valence-corrected chi connectivity index (χ2v) is 7.15. The first-order chi connectivity index (χ1) is 13.2. The molecule has 4 heteroatoms. The average molecular weight is 360 g/mol. The first-order valence-corrected chi connectivity index (χ1v) is 9.48. The number of hydrogen-bond acceptors (Lipinski definition) is 3. The van der Waals surface area contributed by atoms with Crippen molar-refractivity contribution in [1.29, 1.82) is 0 Å². The molecule has 0 N–H and O–H groups in total. The molecule has 0 amide bonds. The fraction of sp³-hybridized carbons (Fsp3) is 0.304. The van der Waals surface area contributed by atoms with E-state index < -0.39 is 5.41 Å². The third-order valence-electron chi connectivity index (χ3n) is 5.77. The maximum Gasteiger partial charge on any atom is 0.321 e. The number of ether oxygens (including phenoxy) is 1. The summed E-state index contributed by atoms with van der Waals surface area (Å²) in [4.78, 5) is 13.4. The molecule has 1 aliphatic heterocycles. The van der Waals surface area contributed by atoms with Gasteiger partial charge in [0, 0.05) is 17.8 Å². The SMILES string of the molecule is CCC1C(Cn2nccc2C)OC(=O)C1(c1ccccc1)c1ccccc1. The summed E-state index contributed by atoms with van der Waals surface area (Å²) in [6, 6.07) is 22.1. The molecule has 2 aromatic carbocycles. The Hall–Kier alpha value is -2.88. The quantitative estimate of drug-likeness (QED) is 0.643. The summed E-state index contributed by atoms with van der Waals surface area (Å²) >= 11 is 0. The van der Waals surface area contributed by atoms with Crippen LogP contribution in [0.4, 0.5) is 0 Å². The number of aryl methyl sites for hydroxylation is 1. The molecule has 1 fully saturated rings. The number of benzene rings is 2. The van der Waals surface area contributed by atoms with E-state index in [1.54, 1.807) is 6.20 Å². The molecule has 4 rings (SSSR count). The molecule has 2 heterocycles. The normalized spacial score (nSPS) is 21.2. The van der Waals surface area contributed by atoms with Crippen molar-refractivity contribution in [2.45, 2.75) is 38.3 Å². The number of cyclic esters (lactones) is 1. The lowest BCUT2D eigenvalue weighted by Crippen LogP contribution is -2.41. The van der Waals surface area contributed by atoms with Crippen molar-refractivity contribution in [3.05, 3.63) is 89.7 Å². The largest absolute Gasteiger partial charge is 0.459 e. The molecule has 2 unspecified atom stereocenters. The van der Waals surface area contributed by atoms with Crippen LogP contribution in [0.5, 0.6) is 0 Å². The van der Waals surface area contributed by atoms with Gasteiger partial charge < -0.3 is 4.74 Å². The maximum atomic E-state index is 13.4. The van der Waals surface area contributed by atoms with Gasteiger partial charge in [-0.1, -0.05) is 67.6 Å². The van der Waals surface area contributed by atoms with Crippen LogP contribution in [-0.4, -0.2) is 21.9 Å². The first-order valence-electron chi connectivity index (χ1n) is 9.48. The lowest BCUT2D eigenvalue weighted by atomic mass is 9.64. The second-order valence-electron chi connectivity index (χ2n) is 7.15. The van der Waals surface area contributed by atoms with E-state index in [0.717, 1.165) is 23.2 Å². The smallest absolute Gasteiger partial charge is 0.321 e. The van der Waals surface area contributed by atoms with Crippen molar-refractivity contribution in [2.24, 2.45) is 5.92 Å². The Bertz CT molecular complexity index is 878. The van der Waals surface area contributed by atoms with E-state index in [0.29, 0.717) is 6.54 Å². The third-order valence-corrected chi connectivity index (χ3v) is 5.77. The zero-order valence-corrected chi connectivity index (χ0v) is 15.7. The molecule has 1 aromatic heterocycles. The topological polar surface area (TPSA) is 44.1 Å². The highest BCUT2D eigenvalue weighted by molar-refractivity contribution is 5.90. The van der Waals surface area contributed by atoms with Crippen LogP contribution in [0.25, 0.3) is 0 Å². The van der Waals surface area contributed by atoms with E-state index in [-0.39, 0.29) is 18.0 Å². The molecular weight excluding hydrogens is 336 g/mol. The monoisotopic (exact) mass is 360 g/mol. The predicted molar refractivity (Wildman–Crippen MR) is 104 cm³/mol. The van der Waals surface area contributed by atoms with Crippen molar-refractivity contribution >= 4 is 5.97 Å². The van der Waals surface area contributed by atoms with Gasteiger partial charge in [-0.3, -0.25) is 9.48 Å². The van der Waals surface area contributed by atoms with Crippen LogP contribution in [0.3, 0.4) is 0 Å². The van der Waals surface area contributed by atoms with Crippen LogP contribution >= 0.6 is 0 Å².